The molecule has 2 atom stereocenters. The van der Waals surface area contributed by atoms with Gasteiger partial charge in [0.2, 0.25) is 0 Å². The van der Waals surface area contributed by atoms with Crippen LogP contribution in [0.2, 0.25) is 0 Å². The van der Waals surface area contributed by atoms with Gasteiger partial charge in [-0.3, -0.25) is 0 Å². The number of rotatable bonds is 3. The van der Waals surface area contributed by atoms with E-state index in [1.165, 1.54) is 12.1 Å². The summed E-state index contributed by atoms with van der Waals surface area (Å²) in [5, 5.41) is 18.5. The Hall–Kier alpha value is -1.84. The van der Waals surface area contributed by atoms with Gasteiger partial charge in [-0.1, -0.05) is 26.7 Å². The molecule has 2 N–H and O–H groups in total. The summed E-state index contributed by atoms with van der Waals surface area (Å²) < 4.78 is 0. The van der Waals surface area contributed by atoms with Gasteiger partial charge >= 0.3 is 11.9 Å². The molecule has 0 spiro atoms. The van der Waals surface area contributed by atoms with Crippen LogP contribution in [0, 0.1) is 5.92 Å². The van der Waals surface area contributed by atoms with Crippen molar-refractivity contribution in [3.8, 4) is 0 Å². The van der Waals surface area contributed by atoms with E-state index in [-0.39, 0.29) is 16.5 Å². The van der Waals surface area contributed by atoms with E-state index in [2.05, 4.69) is 13.8 Å². The van der Waals surface area contributed by atoms with Crippen molar-refractivity contribution in [2.45, 2.75) is 44.9 Å². The van der Waals surface area contributed by atoms with Gasteiger partial charge in [0.1, 0.15) is 0 Å². The van der Waals surface area contributed by atoms with Crippen LogP contribution in [0.3, 0.4) is 0 Å². The Morgan fingerprint density at radius 2 is 1.90 bits per heavy atom. The second-order valence-corrected chi connectivity index (χ2v) is 5.93. The zero-order valence-corrected chi connectivity index (χ0v) is 11.8. The lowest BCUT2D eigenvalue weighted by molar-refractivity contribution is 0.0676. The Bertz CT molecular complexity index is 549. The topological polar surface area (TPSA) is 74.6 Å². The molecule has 4 nitrogen and oxygen atoms in total. The van der Waals surface area contributed by atoms with Crippen molar-refractivity contribution in [1.82, 2.24) is 0 Å². The predicted molar refractivity (Wildman–Crippen MR) is 75.3 cm³/mol. The summed E-state index contributed by atoms with van der Waals surface area (Å²) >= 11 is 0. The zero-order chi connectivity index (χ0) is 14.9. The highest BCUT2D eigenvalue weighted by molar-refractivity contribution is 5.93. The van der Waals surface area contributed by atoms with Gasteiger partial charge in [-0.15, -0.1) is 0 Å². The van der Waals surface area contributed by atoms with Gasteiger partial charge in [0.25, 0.3) is 0 Å². The maximum Gasteiger partial charge on any atom is 0.335 e. The maximum atomic E-state index is 11.4. The Balaban J connectivity index is 2.59. The third-order valence-corrected chi connectivity index (χ3v) is 4.78. The van der Waals surface area contributed by atoms with Gasteiger partial charge in [-0.05, 0) is 47.9 Å². The highest BCUT2D eigenvalue weighted by Crippen LogP contribution is 2.44. The summed E-state index contributed by atoms with van der Waals surface area (Å²) in [4.78, 5) is 22.6. The summed E-state index contributed by atoms with van der Waals surface area (Å²) in [5.41, 5.74) is 0.782. The molecule has 1 aromatic rings. The van der Waals surface area contributed by atoms with Crippen LogP contribution in [0.1, 0.15) is 65.8 Å². The first kappa shape index (κ1) is 14.6. The average molecular weight is 276 g/mol. The number of hydrogen-bond acceptors (Lipinski definition) is 2. The first-order valence-corrected chi connectivity index (χ1v) is 6.97. The van der Waals surface area contributed by atoms with Gasteiger partial charge < -0.3 is 10.2 Å². The molecule has 108 valence electrons. The molecular weight excluding hydrogens is 256 g/mol. The van der Waals surface area contributed by atoms with Crippen LogP contribution in [0.25, 0.3) is 0 Å². The van der Waals surface area contributed by atoms with Crippen LogP contribution in [0.4, 0.5) is 0 Å². The fourth-order valence-corrected chi connectivity index (χ4v) is 3.24. The molecule has 1 aromatic carbocycles. The van der Waals surface area contributed by atoms with E-state index in [0.717, 1.165) is 25.7 Å². The Kier molecular flexibility index (Phi) is 3.84. The Morgan fingerprint density at radius 3 is 2.45 bits per heavy atom. The van der Waals surface area contributed by atoms with E-state index < -0.39 is 11.9 Å². The molecule has 0 aromatic heterocycles. The number of aromatic carboxylic acids is 2. The van der Waals surface area contributed by atoms with Crippen LogP contribution in [-0.2, 0) is 5.41 Å². The molecule has 2 unspecified atom stereocenters. The highest BCUT2D eigenvalue weighted by Gasteiger charge is 2.38. The van der Waals surface area contributed by atoms with Gasteiger partial charge in [0.15, 0.2) is 0 Å². The van der Waals surface area contributed by atoms with Crippen molar-refractivity contribution >= 4 is 11.9 Å². The first-order chi connectivity index (χ1) is 9.36. The lowest BCUT2D eigenvalue weighted by atomic mass is 9.63. The third-order valence-electron chi connectivity index (χ3n) is 4.78. The number of carboxylic acids is 2. The lowest BCUT2D eigenvalue weighted by Gasteiger charge is -2.41. The zero-order valence-electron chi connectivity index (χ0n) is 11.8. The fourth-order valence-electron chi connectivity index (χ4n) is 3.24. The van der Waals surface area contributed by atoms with Gasteiger partial charge in [0, 0.05) is 0 Å². The second kappa shape index (κ2) is 5.27. The van der Waals surface area contributed by atoms with E-state index in [1.807, 2.05) is 0 Å². The highest BCUT2D eigenvalue weighted by atomic mass is 16.4. The molecule has 2 rings (SSSR count). The van der Waals surface area contributed by atoms with Crippen LogP contribution in [0.15, 0.2) is 18.2 Å². The molecule has 1 fully saturated rings. The van der Waals surface area contributed by atoms with Crippen molar-refractivity contribution in [3.05, 3.63) is 34.9 Å². The number of carbonyl (C=O) groups is 2. The number of hydrogen-bond donors (Lipinski definition) is 2. The summed E-state index contributed by atoms with van der Waals surface area (Å²) in [6.45, 7) is 4.18. The van der Waals surface area contributed by atoms with E-state index in [0.29, 0.717) is 11.5 Å². The van der Waals surface area contributed by atoms with Crippen molar-refractivity contribution in [3.63, 3.8) is 0 Å². The van der Waals surface area contributed by atoms with Crippen LogP contribution < -0.4 is 0 Å². The van der Waals surface area contributed by atoms with Crippen LogP contribution in [0.5, 0.6) is 0 Å². The molecule has 0 saturated heterocycles. The molecule has 1 aliphatic rings. The summed E-state index contributed by atoms with van der Waals surface area (Å²) in [5.74, 6) is -1.66. The summed E-state index contributed by atoms with van der Waals surface area (Å²) in [6.07, 6.45) is 4.15. The van der Waals surface area contributed by atoms with E-state index >= 15 is 0 Å². The lowest BCUT2D eigenvalue weighted by Crippen LogP contribution is -2.35. The second-order valence-electron chi connectivity index (χ2n) is 5.93. The number of benzene rings is 1. The monoisotopic (exact) mass is 276 g/mol. The van der Waals surface area contributed by atoms with E-state index in [9.17, 15) is 14.7 Å². The molecule has 0 radical (unpaired) electrons. The minimum absolute atomic E-state index is 0.156. The normalized spacial score (nSPS) is 26.2. The number of carboxylic acid groups (broad SMARTS) is 2. The average Bonchev–Trinajstić information content (AvgIpc) is 2.41. The van der Waals surface area contributed by atoms with Crippen molar-refractivity contribution < 1.29 is 19.8 Å². The van der Waals surface area contributed by atoms with E-state index in [1.54, 1.807) is 6.07 Å². The van der Waals surface area contributed by atoms with Gasteiger partial charge in [-0.2, -0.15) is 0 Å². The minimum Gasteiger partial charge on any atom is -0.478 e. The first-order valence-electron chi connectivity index (χ1n) is 6.97. The Morgan fingerprint density at radius 1 is 1.20 bits per heavy atom. The smallest absolute Gasteiger partial charge is 0.335 e. The van der Waals surface area contributed by atoms with Gasteiger partial charge in [0.05, 0.1) is 11.1 Å². The molecule has 1 saturated carbocycles. The molecular formula is C16H20O4. The van der Waals surface area contributed by atoms with Crippen molar-refractivity contribution in [1.29, 1.82) is 0 Å². The standard InChI is InChI=1S/C16H20O4/c1-10-5-3-4-8-16(10,2)13-9-11(14(17)18)6-7-12(13)15(19)20/h6-7,9-10H,3-5,8H2,1-2H3,(H,17,18)(H,19,20). The molecule has 0 amide bonds. The molecule has 20 heavy (non-hydrogen) atoms. The third kappa shape index (κ3) is 2.42. The molecule has 4 heteroatoms. The van der Waals surface area contributed by atoms with Crippen molar-refractivity contribution in [2.24, 2.45) is 5.92 Å². The van der Waals surface area contributed by atoms with Crippen LogP contribution >= 0.6 is 0 Å². The maximum absolute atomic E-state index is 11.4. The summed E-state index contributed by atoms with van der Waals surface area (Å²) in [7, 11) is 0. The Labute approximate surface area is 118 Å². The molecule has 1 aliphatic carbocycles. The van der Waals surface area contributed by atoms with Crippen LogP contribution in [-0.4, -0.2) is 22.2 Å². The minimum atomic E-state index is -1.02. The summed E-state index contributed by atoms with van der Waals surface area (Å²) in [6, 6.07) is 4.34. The van der Waals surface area contributed by atoms with Crippen molar-refractivity contribution in [2.75, 3.05) is 0 Å². The van der Waals surface area contributed by atoms with E-state index in [4.69, 9.17) is 5.11 Å². The molecule has 0 aliphatic heterocycles. The largest absolute Gasteiger partial charge is 0.478 e. The fraction of sp³-hybridized carbons (Fsp3) is 0.500. The molecule has 0 heterocycles. The molecule has 0 bridgehead atoms. The SMILES string of the molecule is CC1CCCCC1(C)c1cc(C(=O)O)ccc1C(=O)O. The quantitative estimate of drug-likeness (QED) is 0.885. The predicted octanol–water partition coefficient (Wildman–Crippen LogP) is 3.55. The van der Waals surface area contributed by atoms with Gasteiger partial charge in [-0.25, -0.2) is 9.59 Å².